The summed E-state index contributed by atoms with van der Waals surface area (Å²) >= 11 is 0.481. The minimum atomic E-state index is -4.51. The number of aromatic hydroxyl groups is 1. The molecule has 4 heterocycles. The minimum absolute atomic E-state index is 0.0129. The van der Waals surface area contributed by atoms with Crippen LogP contribution in [0.15, 0.2) is 48.0 Å². The zero-order valence-electron chi connectivity index (χ0n) is 33.3. The smallest absolute Gasteiger partial charge is 0.425 e. The number of rotatable bonds is 11. The van der Waals surface area contributed by atoms with Crippen molar-refractivity contribution < 1.29 is 60.1 Å². The van der Waals surface area contributed by atoms with Gasteiger partial charge in [-0.1, -0.05) is 31.9 Å². The SMILES string of the molecule is CCCC1C(C(=O)N2CCC(C#N)(c3cccc(F)c3OCCCC3(C(=O)O)CCC3)CC2)CCCN1C.O=Cc1ncccc1C(F)(F)F.Oc1csc(C(F)(F)F)c1. The second-order valence-electron chi connectivity index (χ2n) is 15.3. The van der Waals surface area contributed by atoms with Gasteiger partial charge < -0.3 is 24.7 Å². The Morgan fingerprint density at radius 1 is 1.05 bits per heavy atom. The second-order valence-corrected chi connectivity index (χ2v) is 16.2. The van der Waals surface area contributed by atoms with E-state index in [4.69, 9.17) is 9.84 Å². The average Bonchev–Trinajstić information content (AvgIpc) is 3.65. The van der Waals surface area contributed by atoms with Gasteiger partial charge in [-0.2, -0.15) is 31.6 Å². The molecule has 10 nitrogen and oxygen atoms in total. The van der Waals surface area contributed by atoms with Crippen molar-refractivity contribution in [1.82, 2.24) is 14.8 Å². The number of nitrogens with zero attached hydrogens (tertiary/aromatic N) is 4. The number of aldehydes is 1. The van der Waals surface area contributed by atoms with Crippen LogP contribution in [0.2, 0.25) is 0 Å². The summed E-state index contributed by atoms with van der Waals surface area (Å²) < 4.78 is 92.1. The third-order valence-electron chi connectivity index (χ3n) is 11.5. The van der Waals surface area contributed by atoms with E-state index in [1.54, 1.807) is 12.1 Å². The molecule has 0 spiro atoms. The molecule has 18 heteroatoms. The van der Waals surface area contributed by atoms with Gasteiger partial charge in [0.1, 0.15) is 16.3 Å². The number of hydrogen-bond donors (Lipinski definition) is 2. The van der Waals surface area contributed by atoms with Crippen molar-refractivity contribution in [3.05, 3.63) is 75.5 Å². The molecule has 6 rings (SSSR count). The van der Waals surface area contributed by atoms with Gasteiger partial charge in [0.05, 0.1) is 35.0 Å². The number of aliphatic carboxylic acids is 1. The summed E-state index contributed by atoms with van der Waals surface area (Å²) in [6, 6.07) is 10.1. The zero-order chi connectivity index (χ0) is 44.3. The molecule has 2 saturated heterocycles. The first kappa shape index (κ1) is 47.9. The second kappa shape index (κ2) is 20.7. The third kappa shape index (κ3) is 11.7. The highest BCUT2D eigenvalue weighted by molar-refractivity contribution is 7.10. The lowest BCUT2D eigenvalue weighted by Crippen LogP contribution is -2.53. The van der Waals surface area contributed by atoms with Gasteiger partial charge in [0.25, 0.3) is 0 Å². The number of para-hydroxylation sites is 1. The molecule has 1 amide bonds. The summed E-state index contributed by atoms with van der Waals surface area (Å²) in [5, 5.41) is 29.4. The van der Waals surface area contributed by atoms with E-state index in [1.165, 1.54) is 6.07 Å². The summed E-state index contributed by atoms with van der Waals surface area (Å²) in [6.07, 6.45) is 0.487. The molecule has 3 fully saturated rings. The Labute approximate surface area is 348 Å². The summed E-state index contributed by atoms with van der Waals surface area (Å²) in [6.45, 7) is 4.29. The molecule has 0 radical (unpaired) electrons. The molecule has 60 heavy (non-hydrogen) atoms. The maximum absolute atomic E-state index is 15.0. The Bertz CT molecular complexity index is 1950. The third-order valence-corrected chi connectivity index (χ3v) is 12.5. The Balaban J connectivity index is 0.000000292. The molecule has 3 aliphatic rings. The first-order chi connectivity index (χ1) is 28.3. The number of halogens is 7. The number of carboxylic acids is 1. The summed E-state index contributed by atoms with van der Waals surface area (Å²) in [7, 11) is 2.11. The molecule has 2 N–H and O–H groups in total. The lowest BCUT2D eigenvalue weighted by atomic mass is 9.66. The maximum atomic E-state index is 15.0. The normalized spacial score (nSPS) is 19.9. The molecule has 2 aromatic heterocycles. The first-order valence-electron chi connectivity index (χ1n) is 19.7. The van der Waals surface area contributed by atoms with Crippen LogP contribution in [0.3, 0.4) is 0 Å². The highest BCUT2D eigenvalue weighted by atomic mass is 32.1. The van der Waals surface area contributed by atoms with Crippen LogP contribution in [-0.4, -0.2) is 82.5 Å². The van der Waals surface area contributed by atoms with E-state index in [9.17, 15) is 55.5 Å². The molecule has 2 aliphatic heterocycles. The van der Waals surface area contributed by atoms with Crippen LogP contribution in [0, 0.1) is 28.5 Å². The predicted molar refractivity (Wildman–Crippen MR) is 208 cm³/mol. The van der Waals surface area contributed by atoms with Crippen molar-refractivity contribution in [3.63, 3.8) is 0 Å². The molecule has 328 valence electrons. The van der Waals surface area contributed by atoms with Crippen molar-refractivity contribution in [2.75, 3.05) is 33.3 Å². The van der Waals surface area contributed by atoms with Crippen molar-refractivity contribution in [3.8, 4) is 17.6 Å². The van der Waals surface area contributed by atoms with Crippen LogP contribution in [0.4, 0.5) is 30.7 Å². The molecule has 0 bridgehead atoms. The zero-order valence-corrected chi connectivity index (χ0v) is 34.1. The molecule has 2 unspecified atom stereocenters. The van der Waals surface area contributed by atoms with E-state index in [2.05, 4.69) is 29.9 Å². The molecule has 2 atom stereocenters. The van der Waals surface area contributed by atoms with Crippen LogP contribution < -0.4 is 4.74 Å². The molecular formula is C42H49F7N4O6S. The number of carbonyl (C=O) groups is 3. The number of pyridine rings is 1. The summed E-state index contributed by atoms with van der Waals surface area (Å²) in [5.74, 6) is -1.36. The molecule has 1 saturated carbocycles. The van der Waals surface area contributed by atoms with E-state index < -0.39 is 51.1 Å². The van der Waals surface area contributed by atoms with Crippen LogP contribution in [0.25, 0.3) is 0 Å². The summed E-state index contributed by atoms with van der Waals surface area (Å²) in [4.78, 5) is 42.0. The minimum Gasteiger partial charge on any atom is -0.507 e. The number of likely N-dealkylation sites (tertiary alicyclic amines) is 2. The van der Waals surface area contributed by atoms with Gasteiger partial charge in [-0.3, -0.25) is 19.4 Å². The standard InChI is InChI=1S/C30H42FN3O4.C7H4F3NO.C5H3F3OS/c1-3-8-25-22(9-5-17-33(25)2)27(35)34-18-15-30(21-32,16-19-34)23-10-4-11-24(31)26(23)38-20-7-14-29(28(36)37)12-6-13-29;8-7(9,10)5-2-1-3-11-6(5)4-12;6-5(7,8)4-1-3(9)2-10-4/h4,10-11,22,25H,3,5-9,12-20H2,1-2H3,(H,36,37);1-4H;1-2,9H. The molecule has 1 aliphatic carbocycles. The van der Waals surface area contributed by atoms with E-state index in [-0.39, 0.29) is 42.3 Å². The monoisotopic (exact) mass is 870 g/mol. The number of thiophene rings is 1. The van der Waals surface area contributed by atoms with Gasteiger partial charge in [-0.15, -0.1) is 11.3 Å². The topological polar surface area (TPSA) is 144 Å². The number of carbonyl (C=O) groups excluding carboxylic acids is 2. The van der Waals surface area contributed by atoms with Crippen LogP contribution in [0.5, 0.6) is 11.5 Å². The van der Waals surface area contributed by atoms with Crippen LogP contribution in [0.1, 0.15) is 104 Å². The molecule has 3 aromatic rings. The lowest BCUT2D eigenvalue weighted by molar-refractivity contribution is -0.155. The number of nitriles is 1. The number of alkyl halides is 6. The maximum Gasteiger partial charge on any atom is 0.425 e. The molecule has 1 aromatic carbocycles. The fourth-order valence-electron chi connectivity index (χ4n) is 8.03. The highest BCUT2D eigenvalue weighted by Crippen LogP contribution is 2.46. The van der Waals surface area contributed by atoms with Crippen molar-refractivity contribution in [1.29, 1.82) is 5.26 Å². The number of amides is 1. The summed E-state index contributed by atoms with van der Waals surface area (Å²) in [5.41, 5.74) is -2.65. The molecular weight excluding hydrogens is 822 g/mol. The number of carboxylic acid groups (broad SMARTS) is 1. The van der Waals surface area contributed by atoms with E-state index >= 15 is 0 Å². The lowest BCUT2D eigenvalue weighted by Gasteiger charge is -2.43. The Morgan fingerprint density at radius 3 is 2.25 bits per heavy atom. The van der Waals surface area contributed by atoms with E-state index in [0.29, 0.717) is 74.6 Å². The predicted octanol–water partition coefficient (Wildman–Crippen LogP) is 9.52. The fraction of sp³-hybridized carbons (Fsp3) is 0.548. The van der Waals surface area contributed by atoms with Gasteiger partial charge in [0.2, 0.25) is 5.91 Å². The largest absolute Gasteiger partial charge is 0.507 e. The van der Waals surface area contributed by atoms with Crippen LogP contribution >= 0.6 is 11.3 Å². The van der Waals surface area contributed by atoms with Crippen LogP contribution in [-0.2, 0) is 27.4 Å². The van der Waals surface area contributed by atoms with Gasteiger partial charge in [-0.05, 0) is 89.6 Å². The first-order valence-corrected chi connectivity index (χ1v) is 20.6. The Kier molecular flexibility index (Phi) is 16.5. The number of benzene rings is 1. The van der Waals surface area contributed by atoms with Gasteiger partial charge >= 0.3 is 18.3 Å². The van der Waals surface area contributed by atoms with Crippen molar-refractivity contribution in [2.24, 2.45) is 11.3 Å². The number of hydrogen-bond acceptors (Lipinski definition) is 9. The van der Waals surface area contributed by atoms with Gasteiger partial charge in [0, 0.05) is 42.3 Å². The van der Waals surface area contributed by atoms with E-state index in [1.807, 2.05) is 4.90 Å². The fourth-order valence-corrected chi connectivity index (χ4v) is 8.67. The average molecular weight is 871 g/mol. The number of aromatic nitrogens is 1. The number of piperidine rings is 2. The van der Waals surface area contributed by atoms with Gasteiger partial charge in [0.15, 0.2) is 17.9 Å². The quantitative estimate of drug-likeness (QED) is 0.109. The van der Waals surface area contributed by atoms with Gasteiger partial charge in [-0.25, -0.2) is 4.39 Å². The Morgan fingerprint density at radius 2 is 1.75 bits per heavy atom. The number of ether oxygens (including phenoxy) is 1. The van der Waals surface area contributed by atoms with Crippen molar-refractivity contribution >= 4 is 29.5 Å². The van der Waals surface area contributed by atoms with Crippen molar-refractivity contribution in [2.45, 2.75) is 101 Å². The highest BCUT2D eigenvalue weighted by Gasteiger charge is 2.45. The Hall–Kier alpha value is -4.76. The van der Waals surface area contributed by atoms with E-state index in [0.717, 1.165) is 62.4 Å².